The lowest BCUT2D eigenvalue weighted by atomic mass is 9.99. The van der Waals surface area contributed by atoms with E-state index in [1.54, 1.807) is 0 Å². The molecule has 0 rings (SSSR count). The number of aldehydes is 1. The Kier molecular flexibility index (Phi) is 7.66. The van der Waals surface area contributed by atoms with Gasteiger partial charge in [0.1, 0.15) is 6.29 Å². The van der Waals surface area contributed by atoms with Gasteiger partial charge in [0.15, 0.2) is 0 Å². The van der Waals surface area contributed by atoms with E-state index in [0.29, 0.717) is 12.3 Å². The van der Waals surface area contributed by atoms with Gasteiger partial charge in [-0.25, -0.2) is 0 Å². The molecule has 0 aromatic rings. The number of hydrogen-bond donors (Lipinski definition) is 0. The quantitative estimate of drug-likeness (QED) is 0.333. The fourth-order valence-corrected chi connectivity index (χ4v) is 1.43. The maximum atomic E-state index is 10.2. The van der Waals surface area contributed by atoms with Crippen molar-refractivity contribution in [3.63, 3.8) is 0 Å². The Hall–Kier alpha value is -0.590. The van der Waals surface area contributed by atoms with Crippen molar-refractivity contribution in [1.82, 2.24) is 0 Å². The molecule has 0 saturated heterocycles. The molecule has 1 unspecified atom stereocenters. The largest absolute Gasteiger partial charge is 0.303 e. The summed E-state index contributed by atoms with van der Waals surface area (Å²) in [6.07, 6.45) is 8.82. The zero-order valence-corrected chi connectivity index (χ0v) is 9.18. The van der Waals surface area contributed by atoms with Gasteiger partial charge < -0.3 is 4.79 Å². The van der Waals surface area contributed by atoms with E-state index in [2.05, 4.69) is 26.8 Å². The Balaban J connectivity index is 3.63. The van der Waals surface area contributed by atoms with Gasteiger partial charge in [-0.15, -0.1) is 0 Å². The second-order valence-corrected chi connectivity index (χ2v) is 3.90. The first-order chi connectivity index (χ1) is 6.20. The average Bonchev–Trinajstić information content (AvgIpc) is 2.05. The van der Waals surface area contributed by atoms with Crippen LogP contribution in [0.15, 0.2) is 11.6 Å². The molecule has 0 aliphatic rings. The van der Waals surface area contributed by atoms with E-state index in [0.717, 1.165) is 12.7 Å². The van der Waals surface area contributed by atoms with Gasteiger partial charge >= 0.3 is 0 Å². The number of unbranched alkanes of at least 4 members (excludes halogenated alkanes) is 2. The molecule has 1 nitrogen and oxygen atoms in total. The zero-order chi connectivity index (χ0) is 10.1. The van der Waals surface area contributed by atoms with Crippen LogP contribution < -0.4 is 0 Å². The smallest absolute Gasteiger partial charge is 0.120 e. The van der Waals surface area contributed by atoms with Crippen LogP contribution in [0.3, 0.4) is 0 Å². The number of hydrogen-bond acceptors (Lipinski definition) is 1. The van der Waals surface area contributed by atoms with E-state index in [1.165, 1.54) is 24.8 Å². The van der Waals surface area contributed by atoms with Crippen LogP contribution in [0.4, 0.5) is 0 Å². The third-order valence-electron chi connectivity index (χ3n) is 2.22. The van der Waals surface area contributed by atoms with E-state index in [4.69, 9.17) is 0 Å². The van der Waals surface area contributed by atoms with E-state index >= 15 is 0 Å². The molecule has 0 bridgehead atoms. The van der Waals surface area contributed by atoms with Crippen molar-refractivity contribution < 1.29 is 4.79 Å². The Morgan fingerprint density at radius 3 is 2.69 bits per heavy atom. The van der Waals surface area contributed by atoms with Crippen LogP contribution >= 0.6 is 0 Å². The molecule has 0 amide bonds. The van der Waals surface area contributed by atoms with Crippen LogP contribution in [-0.2, 0) is 4.79 Å². The summed E-state index contributed by atoms with van der Waals surface area (Å²) in [6.45, 7) is 6.50. The lowest BCUT2D eigenvalue weighted by molar-refractivity contribution is -0.108. The molecule has 0 aliphatic carbocycles. The highest BCUT2D eigenvalue weighted by atomic mass is 16.1. The van der Waals surface area contributed by atoms with Crippen molar-refractivity contribution in [2.75, 3.05) is 0 Å². The molecular weight excluding hydrogens is 160 g/mol. The molecule has 0 radical (unpaired) electrons. The van der Waals surface area contributed by atoms with E-state index < -0.39 is 0 Å². The first-order valence-corrected chi connectivity index (χ1v) is 5.30. The van der Waals surface area contributed by atoms with Crippen LogP contribution in [0.1, 0.15) is 52.9 Å². The number of carbonyl (C=O) groups is 1. The first kappa shape index (κ1) is 12.4. The summed E-state index contributed by atoms with van der Waals surface area (Å²) in [7, 11) is 0. The highest BCUT2D eigenvalue weighted by Gasteiger charge is 2.01. The highest BCUT2D eigenvalue weighted by molar-refractivity contribution is 5.49. The van der Waals surface area contributed by atoms with Crippen LogP contribution in [0.5, 0.6) is 0 Å². The van der Waals surface area contributed by atoms with Crippen LogP contribution in [0, 0.1) is 5.92 Å². The monoisotopic (exact) mass is 182 g/mol. The van der Waals surface area contributed by atoms with Crippen molar-refractivity contribution >= 4 is 6.29 Å². The summed E-state index contributed by atoms with van der Waals surface area (Å²) in [4.78, 5) is 10.2. The number of rotatable bonds is 7. The summed E-state index contributed by atoms with van der Waals surface area (Å²) in [5, 5.41) is 0. The van der Waals surface area contributed by atoms with Gasteiger partial charge in [0.25, 0.3) is 0 Å². The summed E-state index contributed by atoms with van der Waals surface area (Å²) in [5.41, 5.74) is 1.43. The Morgan fingerprint density at radius 2 is 2.15 bits per heavy atom. The molecule has 0 spiro atoms. The van der Waals surface area contributed by atoms with Gasteiger partial charge in [0.2, 0.25) is 0 Å². The normalized spacial score (nSPS) is 14.2. The van der Waals surface area contributed by atoms with E-state index in [9.17, 15) is 4.79 Å². The summed E-state index contributed by atoms with van der Waals surface area (Å²) < 4.78 is 0. The summed E-state index contributed by atoms with van der Waals surface area (Å²) in [5.74, 6) is 0.510. The second kappa shape index (κ2) is 8.03. The van der Waals surface area contributed by atoms with Crippen molar-refractivity contribution in [1.29, 1.82) is 0 Å². The van der Waals surface area contributed by atoms with Crippen LogP contribution in [0.2, 0.25) is 0 Å². The standard InChI is InChI=1S/C12H22O/c1-4-5-6-7-11(2)10-12(3)8-9-13/h7,9,12H,4-6,8,10H2,1-3H3/b11-7+. The predicted octanol–water partition coefficient (Wildman–Crippen LogP) is 3.74. The fraction of sp³-hybridized carbons (Fsp3) is 0.750. The molecule has 1 heteroatoms. The molecule has 0 fully saturated rings. The second-order valence-electron chi connectivity index (χ2n) is 3.90. The van der Waals surface area contributed by atoms with Crippen molar-refractivity contribution in [2.45, 2.75) is 52.9 Å². The molecule has 76 valence electrons. The highest BCUT2D eigenvalue weighted by Crippen LogP contribution is 2.14. The van der Waals surface area contributed by atoms with Gasteiger partial charge in [0.05, 0.1) is 0 Å². The first-order valence-electron chi connectivity index (χ1n) is 5.30. The molecule has 1 atom stereocenters. The molecule has 0 saturated carbocycles. The van der Waals surface area contributed by atoms with Crippen LogP contribution in [0.25, 0.3) is 0 Å². The summed E-state index contributed by atoms with van der Waals surface area (Å²) in [6, 6.07) is 0. The van der Waals surface area contributed by atoms with Gasteiger partial charge in [0, 0.05) is 6.42 Å². The Bertz CT molecular complexity index is 159. The van der Waals surface area contributed by atoms with Crippen molar-refractivity contribution in [3.05, 3.63) is 11.6 Å². The predicted molar refractivity (Wildman–Crippen MR) is 57.7 cm³/mol. The minimum atomic E-state index is 0.510. The topological polar surface area (TPSA) is 17.1 Å². The van der Waals surface area contributed by atoms with E-state index in [-0.39, 0.29) is 0 Å². The van der Waals surface area contributed by atoms with Crippen LogP contribution in [-0.4, -0.2) is 6.29 Å². The lowest BCUT2D eigenvalue weighted by Crippen LogP contribution is -1.95. The molecular formula is C12H22O. The SMILES string of the molecule is CCCC/C=C(\C)CC(C)CC=O. The van der Waals surface area contributed by atoms with Gasteiger partial charge in [-0.1, -0.05) is 38.3 Å². The minimum absolute atomic E-state index is 0.510. The van der Waals surface area contributed by atoms with Crippen molar-refractivity contribution in [3.8, 4) is 0 Å². The van der Waals surface area contributed by atoms with Gasteiger partial charge in [-0.2, -0.15) is 0 Å². The fourth-order valence-electron chi connectivity index (χ4n) is 1.43. The molecule has 0 N–H and O–H groups in total. The molecule has 0 heterocycles. The summed E-state index contributed by atoms with van der Waals surface area (Å²) >= 11 is 0. The van der Waals surface area contributed by atoms with Crippen molar-refractivity contribution in [2.24, 2.45) is 5.92 Å². The zero-order valence-electron chi connectivity index (χ0n) is 9.18. The molecule has 0 aromatic heterocycles. The lowest BCUT2D eigenvalue weighted by Gasteiger charge is -2.07. The average molecular weight is 182 g/mol. The van der Waals surface area contributed by atoms with Gasteiger partial charge in [-0.05, 0) is 25.7 Å². The Morgan fingerprint density at radius 1 is 1.46 bits per heavy atom. The third-order valence-corrected chi connectivity index (χ3v) is 2.22. The maximum Gasteiger partial charge on any atom is 0.120 e. The number of allylic oxidation sites excluding steroid dienone is 2. The Labute approximate surface area is 82.2 Å². The number of carbonyl (C=O) groups excluding carboxylic acids is 1. The molecule has 0 aliphatic heterocycles. The van der Waals surface area contributed by atoms with E-state index in [1.807, 2.05) is 0 Å². The third kappa shape index (κ3) is 7.76. The maximum absolute atomic E-state index is 10.2. The molecule has 0 aromatic carbocycles. The minimum Gasteiger partial charge on any atom is -0.303 e. The molecule has 13 heavy (non-hydrogen) atoms. The van der Waals surface area contributed by atoms with Gasteiger partial charge in [-0.3, -0.25) is 0 Å².